The van der Waals surface area contributed by atoms with E-state index in [2.05, 4.69) is 28.2 Å². The molecular formula is C15H14N2O. The van der Waals surface area contributed by atoms with E-state index in [9.17, 15) is 4.79 Å². The molecule has 0 fully saturated rings. The van der Waals surface area contributed by atoms with Crippen LogP contribution < -0.4 is 0 Å². The van der Waals surface area contributed by atoms with E-state index in [1.165, 1.54) is 30.9 Å². The van der Waals surface area contributed by atoms with Crippen LogP contribution in [0.1, 0.15) is 35.1 Å². The lowest BCUT2D eigenvalue weighted by atomic mass is 10.0. The van der Waals surface area contributed by atoms with Gasteiger partial charge in [0.1, 0.15) is 0 Å². The van der Waals surface area contributed by atoms with E-state index in [1.54, 1.807) is 6.20 Å². The lowest BCUT2D eigenvalue weighted by Crippen LogP contribution is -2.01. The number of Topliss-reactive ketones (excluding diaryl/α,β-unsaturated/α-hetero) is 1. The van der Waals surface area contributed by atoms with E-state index >= 15 is 0 Å². The summed E-state index contributed by atoms with van der Waals surface area (Å²) in [6.07, 6.45) is 5.21. The van der Waals surface area contributed by atoms with Gasteiger partial charge in [0.2, 0.25) is 0 Å². The van der Waals surface area contributed by atoms with Crippen LogP contribution in [0.25, 0.3) is 11.3 Å². The minimum Gasteiger partial charge on any atom is -0.291 e. The predicted octanol–water partition coefficient (Wildman–Crippen LogP) is 2.83. The normalized spacial score (nSPS) is 13.4. The van der Waals surface area contributed by atoms with Crippen molar-refractivity contribution in [2.75, 3.05) is 0 Å². The summed E-state index contributed by atoms with van der Waals surface area (Å²) in [5, 5.41) is 0. The molecule has 0 spiro atoms. The van der Waals surface area contributed by atoms with E-state index < -0.39 is 0 Å². The first-order valence-electron chi connectivity index (χ1n) is 6.20. The summed E-state index contributed by atoms with van der Waals surface area (Å²) >= 11 is 0. The van der Waals surface area contributed by atoms with E-state index in [4.69, 9.17) is 0 Å². The fourth-order valence-corrected chi connectivity index (χ4v) is 2.42. The largest absolute Gasteiger partial charge is 0.291 e. The molecule has 1 aliphatic carbocycles. The topological polar surface area (TPSA) is 42.9 Å². The number of hydrogen-bond donors (Lipinski definition) is 0. The van der Waals surface area contributed by atoms with Crippen molar-refractivity contribution >= 4 is 5.78 Å². The van der Waals surface area contributed by atoms with Gasteiger partial charge in [0, 0.05) is 18.7 Å². The molecule has 3 nitrogen and oxygen atoms in total. The zero-order valence-corrected chi connectivity index (χ0v) is 10.3. The SMILES string of the molecule is CC(=O)c1nccc(-c2ccc3c(c2)CCC3)n1. The minimum atomic E-state index is -0.0991. The average molecular weight is 238 g/mol. The number of aromatic nitrogens is 2. The van der Waals surface area contributed by atoms with Gasteiger partial charge in [-0.15, -0.1) is 0 Å². The molecule has 1 heterocycles. The highest BCUT2D eigenvalue weighted by molar-refractivity contribution is 5.90. The van der Waals surface area contributed by atoms with Gasteiger partial charge in [-0.3, -0.25) is 4.79 Å². The van der Waals surface area contributed by atoms with Crippen molar-refractivity contribution in [2.45, 2.75) is 26.2 Å². The summed E-state index contributed by atoms with van der Waals surface area (Å²) in [6, 6.07) is 8.29. The minimum absolute atomic E-state index is 0.0991. The summed E-state index contributed by atoms with van der Waals surface area (Å²) in [6.45, 7) is 1.49. The molecule has 1 aromatic heterocycles. The molecule has 0 bridgehead atoms. The zero-order valence-electron chi connectivity index (χ0n) is 10.3. The van der Waals surface area contributed by atoms with E-state index in [1.807, 2.05) is 6.07 Å². The van der Waals surface area contributed by atoms with Crippen LogP contribution in [0.2, 0.25) is 0 Å². The molecule has 0 saturated heterocycles. The molecule has 0 unspecified atom stereocenters. The van der Waals surface area contributed by atoms with Crippen LogP contribution >= 0.6 is 0 Å². The Kier molecular flexibility index (Phi) is 2.67. The van der Waals surface area contributed by atoms with Crippen molar-refractivity contribution in [2.24, 2.45) is 0 Å². The third kappa shape index (κ3) is 1.92. The van der Waals surface area contributed by atoms with Crippen LogP contribution in [-0.2, 0) is 12.8 Å². The van der Waals surface area contributed by atoms with Crippen LogP contribution in [0.4, 0.5) is 0 Å². The van der Waals surface area contributed by atoms with Gasteiger partial charge >= 0.3 is 0 Å². The number of hydrogen-bond acceptors (Lipinski definition) is 3. The lowest BCUT2D eigenvalue weighted by molar-refractivity contribution is 0.100. The number of fused-ring (bicyclic) bond motifs is 1. The van der Waals surface area contributed by atoms with Gasteiger partial charge in [0.15, 0.2) is 11.6 Å². The highest BCUT2D eigenvalue weighted by Gasteiger charge is 2.12. The molecule has 0 N–H and O–H groups in total. The Morgan fingerprint density at radius 2 is 2.00 bits per heavy atom. The molecule has 18 heavy (non-hydrogen) atoms. The van der Waals surface area contributed by atoms with Crippen LogP contribution in [-0.4, -0.2) is 15.8 Å². The highest BCUT2D eigenvalue weighted by Crippen LogP contribution is 2.27. The summed E-state index contributed by atoms with van der Waals surface area (Å²) in [7, 11) is 0. The third-order valence-electron chi connectivity index (χ3n) is 3.36. The Balaban J connectivity index is 2.04. The molecule has 0 amide bonds. The lowest BCUT2D eigenvalue weighted by Gasteiger charge is -2.05. The van der Waals surface area contributed by atoms with E-state index in [0.717, 1.165) is 17.7 Å². The molecule has 1 aliphatic rings. The van der Waals surface area contributed by atoms with E-state index in [0.29, 0.717) is 0 Å². The second kappa shape index (κ2) is 4.33. The first kappa shape index (κ1) is 11.1. The van der Waals surface area contributed by atoms with Crippen LogP contribution in [0, 0.1) is 0 Å². The highest BCUT2D eigenvalue weighted by atomic mass is 16.1. The van der Waals surface area contributed by atoms with Gasteiger partial charge < -0.3 is 0 Å². The molecule has 0 saturated carbocycles. The van der Waals surface area contributed by atoms with Crippen molar-refractivity contribution in [3.8, 4) is 11.3 Å². The number of carbonyl (C=O) groups is 1. The number of rotatable bonds is 2. The predicted molar refractivity (Wildman–Crippen MR) is 69.5 cm³/mol. The average Bonchev–Trinajstić information content (AvgIpc) is 2.86. The molecule has 0 aliphatic heterocycles. The fourth-order valence-electron chi connectivity index (χ4n) is 2.42. The van der Waals surface area contributed by atoms with Gasteiger partial charge in [-0.2, -0.15) is 0 Å². The quantitative estimate of drug-likeness (QED) is 0.755. The Morgan fingerprint density at radius 3 is 2.83 bits per heavy atom. The molecule has 3 heteroatoms. The van der Waals surface area contributed by atoms with Gasteiger partial charge in [-0.1, -0.05) is 12.1 Å². The summed E-state index contributed by atoms with van der Waals surface area (Å²) in [5.41, 5.74) is 4.75. The molecular weight excluding hydrogens is 224 g/mol. The molecule has 0 atom stereocenters. The van der Waals surface area contributed by atoms with Gasteiger partial charge in [-0.05, 0) is 42.5 Å². The maximum atomic E-state index is 11.3. The maximum absolute atomic E-state index is 11.3. The number of aryl methyl sites for hydroxylation is 2. The zero-order chi connectivity index (χ0) is 12.5. The standard InChI is InChI=1S/C15H14N2O/c1-10(18)15-16-8-7-14(17-15)13-6-5-11-3-2-4-12(11)9-13/h5-9H,2-4H2,1H3. The molecule has 1 aromatic carbocycles. The molecule has 2 aromatic rings. The monoisotopic (exact) mass is 238 g/mol. The Hall–Kier alpha value is -2.03. The maximum Gasteiger partial charge on any atom is 0.196 e. The first-order valence-corrected chi connectivity index (χ1v) is 6.20. The Morgan fingerprint density at radius 1 is 1.17 bits per heavy atom. The fraction of sp³-hybridized carbons (Fsp3) is 0.267. The number of benzene rings is 1. The van der Waals surface area contributed by atoms with Crippen LogP contribution in [0.15, 0.2) is 30.5 Å². The summed E-state index contributed by atoms with van der Waals surface area (Å²) < 4.78 is 0. The number of carbonyl (C=O) groups excluding carboxylic acids is 1. The molecule has 0 radical (unpaired) electrons. The Labute approximate surface area is 106 Å². The smallest absolute Gasteiger partial charge is 0.196 e. The summed E-state index contributed by atoms with van der Waals surface area (Å²) in [4.78, 5) is 19.6. The summed E-state index contributed by atoms with van der Waals surface area (Å²) in [5.74, 6) is 0.186. The van der Waals surface area contributed by atoms with Gasteiger partial charge in [0.25, 0.3) is 0 Å². The second-order valence-corrected chi connectivity index (χ2v) is 4.66. The van der Waals surface area contributed by atoms with Crippen molar-refractivity contribution in [3.63, 3.8) is 0 Å². The number of nitrogens with zero attached hydrogens (tertiary/aromatic N) is 2. The van der Waals surface area contributed by atoms with Crippen LogP contribution in [0.3, 0.4) is 0 Å². The second-order valence-electron chi connectivity index (χ2n) is 4.66. The van der Waals surface area contributed by atoms with Crippen molar-refractivity contribution in [1.82, 2.24) is 9.97 Å². The van der Waals surface area contributed by atoms with Crippen LogP contribution in [0.5, 0.6) is 0 Å². The van der Waals surface area contributed by atoms with Crippen molar-refractivity contribution < 1.29 is 4.79 Å². The van der Waals surface area contributed by atoms with Gasteiger partial charge in [-0.25, -0.2) is 9.97 Å². The number of ketones is 1. The molecule has 90 valence electrons. The van der Waals surface area contributed by atoms with Gasteiger partial charge in [0.05, 0.1) is 5.69 Å². The van der Waals surface area contributed by atoms with E-state index in [-0.39, 0.29) is 11.6 Å². The Bertz CT molecular complexity index is 620. The third-order valence-corrected chi connectivity index (χ3v) is 3.36. The first-order chi connectivity index (χ1) is 8.74. The van der Waals surface area contributed by atoms with Crippen molar-refractivity contribution in [3.05, 3.63) is 47.4 Å². The van der Waals surface area contributed by atoms with Crippen molar-refractivity contribution in [1.29, 1.82) is 0 Å². The molecule has 3 rings (SSSR count).